The van der Waals surface area contributed by atoms with Crippen LogP contribution in [0.25, 0.3) is 0 Å². The van der Waals surface area contributed by atoms with Crippen molar-refractivity contribution in [2.24, 2.45) is 5.41 Å². The van der Waals surface area contributed by atoms with Gasteiger partial charge >= 0.3 is 5.97 Å². The van der Waals surface area contributed by atoms with E-state index in [0.29, 0.717) is 19.6 Å². The molecule has 3 heteroatoms. The van der Waals surface area contributed by atoms with Crippen molar-refractivity contribution in [3.05, 3.63) is 35.9 Å². The van der Waals surface area contributed by atoms with Gasteiger partial charge in [-0.15, -0.1) is 0 Å². The molecule has 0 radical (unpaired) electrons. The second-order valence-electron chi connectivity index (χ2n) is 4.73. The molecule has 17 heavy (non-hydrogen) atoms. The van der Waals surface area contributed by atoms with Gasteiger partial charge in [-0.25, -0.2) is 0 Å². The van der Waals surface area contributed by atoms with Crippen LogP contribution in [0.4, 0.5) is 0 Å². The molecular weight excluding hydrogens is 216 g/mol. The Morgan fingerprint density at radius 2 is 2.12 bits per heavy atom. The molecule has 2 rings (SSSR count). The fraction of sp³-hybridized carbons (Fsp3) is 0.500. The Labute approximate surface area is 101 Å². The Morgan fingerprint density at radius 3 is 2.71 bits per heavy atom. The lowest BCUT2D eigenvalue weighted by Gasteiger charge is -2.33. The first-order valence-electron chi connectivity index (χ1n) is 6.08. The highest BCUT2D eigenvalue weighted by atomic mass is 16.5. The number of hydrogen-bond donors (Lipinski definition) is 1. The number of aliphatic carboxylic acids is 1. The SMILES string of the molecule is O=C(O)C1(CCc2ccccc2)CCCOC1. The van der Waals surface area contributed by atoms with E-state index in [2.05, 4.69) is 0 Å². The molecule has 1 aromatic rings. The van der Waals surface area contributed by atoms with Gasteiger partial charge in [0.15, 0.2) is 0 Å². The number of carbonyl (C=O) groups is 1. The van der Waals surface area contributed by atoms with Crippen LogP contribution in [0.5, 0.6) is 0 Å². The van der Waals surface area contributed by atoms with Crippen LogP contribution in [0.3, 0.4) is 0 Å². The molecule has 1 aliphatic rings. The third-order valence-electron chi connectivity index (χ3n) is 3.51. The Balaban J connectivity index is 2.01. The van der Waals surface area contributed by atoms with Gasteiger partial charge in [-0.2, -0.15) is 0 Å². The summed E-state index contributed by atoms with van der Waals surface area (Å²) in [5, 5.41) is 9.39. The van der Waals surface area contributed by atoms with E-state index in [1.165, 1.54) is 5.56 Å². The lowest BCUT2D eigenvalue weighted by molar-refractivity contribution is -0.158. The number of benzene rings is 1. The van der Waals surface area contributed by atoms with Gasteiger partial charge in [0.05, 0.1) is 12.0 Å². The number of carboxylic acid groups (broad SMARTS) is 1. The monoisotopic (exact) mass is 234 g/mol. The Morgan fingerprint density at radius 1 is 1.35 bits per heavy atom. The lowest BCUT2D eigenvalue weighted by atomic mass is 9.78. The molecule has 0 amide bonds. The smallest absolute Gasteiger partial charge is 0.311 e. The molecule has 1 unspecified atom stereocenters. The molecule has 1 atom stereocenters. The summed E-state index contributed by atoms with van der Waals surface area (Å²) in [5.41, 5.74) is 0.521. The van der Waals surface area contributed by atoms with Crippen molar-refractivity contribution < 1.29 is 14.6 Å². The van der Waals surface area contributed by atoms with Crippen LogP contribution < -0.4 is 0 Å². The average molecular weight is 234 g/mol. The maximum absolute atomic E-state index is 11.4. The minimum Gasteiger partial charge on any atom is -0.481 e. The number of rotatable bonds is 4. The molecule has 1 saturated heterocycles. The quantitative estimate of drug-likeness (QED) is 0.870. The first-order valence-corrected chi connectivity index (χ1v) is 6.08. The molecule has 1 heterocycles. The zero-order valence-corrected chi connectivity index (χ0v) is 9.89. The highest BCUT2D eigenvalue weighted by Gasteiger charge is 2.39. The predicted octanol–water partition coefficient (Wildman–Crippen LogP) is 2.50. The number of carboxylic acids is 1. The number of aryl methyl sites for hydroxylation is 1. The normalized spacial score (nSPS) is 24.5. The topological polar surface area (TPSA) is 46.5 Å². The zero-order valence-electron chi connectivity index (χ0n) is 9.89. The van der Waals surface area contributed by atoms with Gasteiger partial charge in [-0.05, 0) is 31.2 Å². The molecule has 0 spiro atoms. The molecule has 0 bridgehead atoms. The van der Waals surface area contributed by atoms with Crippen LogP contribution in [0.1, 0.15) is 24.8 Å². The summed E-state index contributed by atoms with van der Waals surface area (Å²) >= 11 is 0. The maximum atomic E-state index is 11.4. The molecule has 1 aromatic carbocycles. The van der Waals surface area contributed by atoms with Crippen LogP contribution in [-0.2, 0) is 16.0 Å². The van der Waals surface area contributed by atoms with Gasteiger partial charge in [-0.1, -0.05) is 30.3 Å². The van der Waals surface area contributed by atoms with Gasteiger partial charge in [-0.3, -0.25) is 4.79 Å². The minimum atomic E-state index is -0.715. The van der Waals surface area contributed by atoms with Crippen molar-refractivity contribution >= 4 is 5.97 Å². The number of hydrogen-bond acceptors (Lipinski definition) is 2. The molecule has 92 valence electrons. The van der Waals surface area contributed by atoms with Gasteiger partial charge in [0, 0.05) is 6.61 Å². The van der Waals surface area contributed by atoms with E-state index in [-0.39, 0.29) is 0 Å². The number of ether oxygens (including phenoxy) is 1. The van der Waals surface area contributed by atoms with E-state index in [9.17, 15) is 9.90 Å². The second kappa shape index (κ2) is 5.32. The summed E-state index contributed by atoms with van der Waals surface area (Å²) in [7, 11) is 0. The fourth-order valence-corrected chi connectivity index (χ4v) is 2.35. The Kier molecular flexibility index (Phi) is 3.79. The predicted molar refractivity (Wildman–Crippen MR) is 64.9 cm³/mol. The fourth-order valence-electron chi connectivity index (χ4n) is 2.35. The summed E-state index contributed by atoms with van der Waals surface area (Å²) < 4.78 is 5.35. The third-order valence-corrected chi connectivity index (χ3v) is 3.51. The minimum absolute atomic E-state index is 0.356. The summed E-state index contributed by atoms with van der Waals surface area (Å²) in [6.45, 7) is 1.05. The molecule has 3 nitrogen and oxygen atoms in total. The summed E-state index contributed by atoms with van der Waals surface area (Å²) in [4.78, 5) is 11.4. The summed E-state index contributed by atoms with van der Waals surface area (Å²) in [6.07, 6.45) is 3.04. The molecule has 1 aliphatic heterocycles. The molecule has 0 aromatic heterocycles. The first kappa shape index (κ1) is 12.1. The summed E-state index contributed by atoms with van der Waals surface area (Å²) in [6, 6.07) is 10.0. The Hall–Kier alpha value is -1.35. The molecule has 0 aliphatic carbocycles. The van der Waals surface area contributed by atoms with Crippen LogP contribution in [0.15, 0.2) is 30.3 Å². The highest BCUT2D eigenvalue weighted by molar-refractivity contribution is 5.75. The van der Waals surface area contributed by atoms with Crippen LogP contribution in [-0.4, -0.2) is 24.3 Å². The van der Waals surface area contributed by atoms with Gasteiger partial charge in [0.2, 0.25) is 0 Å². The van der Waals surface area contributed by atoms with Crippen molar-refractivity contribution in [1.82, 2.24) is 0 Å². The van der Waals surface area contributed by atoms with Crippen LogP contribution >= 0.6 is 0 Å². The second-order valence-corrected chi connectivity index (χ2v) is 4.73. The van der Waals surface area contributed by atoms with Crippen LogP contribution in [0, 0.1) is 5.41 Å². The van der Waals surface area contributed by atoms with E-state index in [4.69, 9.17) is 4.74 Å². The summed E-state index contributed by atoms with van der Waals surface area (Å²) in [5.74, 6) is -0.715. The van der Waals surface area contributed by atoms with Gasteiger partial charge in [0.25, 0.3) is 0 Å². The van der Waals surface area contributed by atoms with E-state index in [1.807, 2.05) is 30.3 Å². The first-order chi connectivity index (χ1) is 8.23. The lowest BCUT2D eigenvalue weighted by Crippen LogP contribution is -2.39. The standard InChI is InChI=1S/C14H18O3/c15-13(16)14(8-4-10-17-11-14)9-7-12-5-2-1-3-6-12/h1-3,5-6H,4,7-11H2,(H,15,16). The van der Waals surface area contributed by atoms with E-state index < -0.39 is 11.4 Å². The van der Waals surface area contributed by atoms with Gasteiger partial charge in [0.1, 0.15) is 0 Å². The van der Waals surface area contributed by atoms with Crippen molar-refractivity contribution in [3.8, 4) is 0 Å². The molecular formula is C14H18O3. The third kappa shape index (κ3) is 2.86. The molecule has 1 fully saturated rings. The van der Waals surface area contributed by atoms with E-state index in [0.717, 1.165) is 19.3 Å². The molecule has 1 N–H and O–H groups in total. The maximum Gasteiger partial charge on any atom is 0.311 e. The van der Waals surface area contributed by atoms with E-state index >= 15 is 0 Å². The largest absolute Gasteiger partial charge is 0.481 e. The van der Waals surface area contributed by atoms with Gasteiger partial charge < -0.3 is 9.84 Å². The zero-order chi connectivity index (χ0) is 12.1. The van der Waals surface area contributed by atoms with Crippen molar-refractivity contribution in [2.45, 2.75) is 25.7 Å². The van der Waals surface area contributed by atoms with Crippen molar-refractivity contribution in [2.75, 3.05) is 13.2 Å². The molecule has 0 saturated carbocycles. The van der Waals surface area contributed by atoms with E-state index in [1.54, 1.807) is 0 Å². The van der Waals surface area contributed by atoms with Crippen molar-refractivity contribution in [3.63, 3.8) is 0 Å². The average Bonchev–Trinajstić information content (AvgIpc) is 2.38. The van der Waals surface area contributed by atoms with Crippen LogP contribution in [0.2, 0.25) is 0 Å². The Bertz CT molecular complexity index is 366. The van der Waals surface area contributed by atoms with Crippen molar-refractivity contribution in [1.29, 1.82) is 0 Å². The highest BCUT2D eigenvalue weighted by Crippen LogP contribution is 2.33.